The number of aromatic hydroxyl groups is 1. The van der Waals surface area contributed by atoms with Crippen LogP contribution in [-0.4, -0.2) is 29.3 Å². The van der Waals surface area contributed by atoms with Crippen molar-refractivity contribution in [1.29, 1.82) is 0 Å². The SMILES string of the molecule is Cc1cc(Br)cc(C=NCCNc2ccc(Cl)cc2[N+](=O)[O-])c1O. The fourth-order valence-electron chi connectivity index (χ4n) is 2.08. The van der Waals surface area contributed by atoms with Crippen LogP contribution in [0.25, 0.3) is 0 Å². The van der Waals surface area contributed by atoms with Gasteiger partial charge in [-0.05, 0) is 36.8 Å². The minimum Gasteiger partial charge on any atom is -0.507 e. The molecule has 2 aromatic carbocycles. The molecular weight excluding hydrogens is 398 g/mol. The average Bonchev–Trinajstić information content (AvgIpc) is 2.52. The first-order valence-corrected chi connectivity index (χ1v) is 8.22. The molecular formula is C16H15BrClN3O3. The molecule has 2 rings (SSSR count). The highest BCUT2D eigenvalue weighted by Crippen LogP contribution is 2.27. The maximum absolute atomic E-state index is 11.0. The predicted molar refractivity (Wildman–Crippen MR) is 99.6 cm³/mol. The molecule has 6 nitrogen and oxygen atoms in total. The number of nitrogens with one attached hydrogen (secondary N) is 1. The highest BCUT2D eigenvalue weighted by Gasteiger charge is 2.13. The molecule has 0 radical (unpaired) electrons. The van der Waals surface area contributed by atoms with Gasteiger partial charge in [0.2, 0.25) is 0 Å². The van der Waals surface area contributed by atoms with Gasteiger partial charge in [0.05, 0.1) is 11.5 Å². The van der Waals surface area contributed by atoms with Gasteiger partial charge >= 0.3 is 0 Å². The van der Waals surface area contributed by atoms with Gasteiger partial charge in [-0.3, -0.25) is 15.1 Å². The molecule has 0 fully saturated rings. The van der Waals surface area contributed by atoms with E-state index < -0.39 is 4.92 Å². The van der Waals surface area contributed by atoms with Crippen LogP contribution in [0.1, 0.15) is 11.1 Å². The lowest BCUT2D eigenvalue weighted by atomic mass is 10.1. The van der Waals surface area contributed by atoms with Crippen molar-refractivity contribution in [2.75, 3.05) is 18.4 Å². The van der Waals surface area contributed by atoms with E-state index in [-0.39, 0.29) is 11.4 Å². The van der Waals surface area contributed by atoms with Crippen molar-refractivity contribution in [1.82, 2.24) is 0 Å². The average molecular weight is 413 g/mol. The number of nitrogens with zero attached hydrogens (tertiary/aromatic N) is 2. The fourth-order valence-corrected chi connectivity index (χ4v) is 2.84. The molecule has 0 spiro atoms. The molecule has 24 heavy (non-hydrogen) atoms. The van der Waals surface area contributed by atoms with Crippen molar-refractivity contribution in [3.63, 3.8) is 0 Å². The van der Waals surface area contributed by atoms with Crippen LogP contribution < -0.4 is 5.32 Å². The minimum absolute atomic E-state index is 0.0771. The molecule has 0 atom stereocenters. The van der Waals surface area contributed by atoms with Gasteiger partial charge in [0.1, 0.15) is 11.4 Å². The highest BCUT2D eigenvalue weighted by atomic mass is 79.9. The molecule has 0 heterocycles. The quantitative estimate of drug-likeness (QED) is 0.315. The van der Waals surface area contributed by atoms with Gasteiger partial charge in [0, 0.05) is 33.9 Å². The van der Waals surface area contributed by atoms with Crippen molar-refractivity contribution in [3.05, 3.63) is 61.1 Å². The summed E-state index contributed by atoms with van der Waals surface area (Å²) in [5, 5.41) is 24.2. The normalized spacial score (nSPS) is 11.0. The van der Waals surface area contributed by atoms with E-state index in [1.807, 2.05) is 6.07 Å². The maximum atomic E-state index is 11.0. The maximum Gasteiger partial charge on any atom is 0.293 e. The van der Waals surface area contributed by atoms with E-state index in [1.165, 1.54) is 6.07 Å². The second-order valence-electron chi connectivity index (χ2n) is 5.04. The van der Waals surface area contributed by atoms with Gasteiger partial charge in [0.25, 0.3) is 5.69 Å². The number of rotatable bonds is 6. The number of benzene rings is 2. The first-order valence-electron chi connectivity index (χ1n) is 7.05. The van der Waals surface area contributed by atoms with Gasteiger partial charge in [-0.1, -0.05) is 27.5 Å². The number of aryl methyl sites for hydroxylation is 1. The number of phenolic OH excluding ortho intramolecular Hbond substituents is 1. The summed E-state index contributed by atoms with van der Waals surface area (Å²) < 4.78 is 0.856. The van der Waals surface area contributed by atoms with Crippen molar-refractivity contribution in [3.8, 4) is 5.75 Å². The van der Waals surface area contributed by atoms with Crippen molar-refractivity contribution in [2.45, 2.75) is 6.92 Å². The summed E-state index contributed by atoms with van der Waals surface area (Å²) >= 11 is 9.14. The van der Waals surface area contributed by atoms with E-state index in [4.69, 9.17) is 11.6 Å². The number of hydrogen-bond donors (Lipinski definition) is 2. The predicted octanol–water partition coefficient (Wildman–Crippen LogP) is 4.56. The van der Waals surface area contributed by atoms with E-state index in [0.717, 1.165) is 10.0 Å². The minimum atomic E-state index is -0.486. The largest absolute Gasteiger partial charge is 0.507 e. The summed E-state index contributed by atoms with van der Waals surface area (Å²) in [6, 6.07) is 8.03. The summed E-state index contributed by atoms with van der Waals surface area (Å²) in [6.45, 7) is 2.61. The summed E-state index contributed by atoms with van der Waals surface area (Å²) in [6.07, 6.45) is 1.57. The molecule has 0 aliphatic heterocycles. The van der Waals surface area contributed by atoms with Gasteiger partial charge in [-0.25, -0.2) is 0 Å². The molecule has 0 bridgehead atoms. The second-order valence-corrected chi connectivity index (χ2v) is 6.39. The summed E-state index contributed by atoms with van der Waals surface area (Å²) in [7, 11) is 0. The van der Waals surface area contributed by atoms with E-state index in [0.29, 0.717) is 29.4 Å². The molecule has 0 amide bonds. The zero-order valence-electron chi connectivity index (χ0n) is 12.8. The Kier molecular flexibility index (Phi) is 6.16. The molecule has 2 N–H and O–H groups in total. The molecule has 0 saturated carbocycles. The monoisotopic (exact) mass is 411 g/mol. The Labute approximate surface area is 152 Å². The summed E-state index contributed by atoms with van der Waals surface area (Å²) in [5.41, 5.74) is 1.67. The third-order valence-electron chi connectivity index (χ3n) is 3.24. The lowest BCUT2D eigenvalue weighted by Gasteiger charge is -2.06. The lowest BCUT2D eigenvalue weighted by molar-refractivity contribution is -0.383. The van der Waals surface area contributed by atoms with Crippen LogP contribution >= 0.6 is 27.5 Å². The molecule has 126 valence electrons. The van der Waals surface area contributed by atoms with E-state index >= 15 is 0 Å². The smallest absolute Gasteiger partial charge is 0.293 e. The van der Waals surface area contributed by atoms with Crippen LogP contribution in [0.5, 0.6) is 5.75 Å². The third-order valence-corrected chi connectivity index (χ3v) is 3.93. The van der Waals surface area contributed by atoms with E-state index in [2.05, 4.69) is 26.2 Å². The Morgan fingerprint density at radius 1 is 1.42 bits per heavy atom. The van der Waals surface area contributed by atoms with Crippen molar-refractivity contribution >= 4 is 45.1 Å². The molecule has 0 saturated heterocycles. The number of nitro groups is 1. The van der Waals surface area contributed by atoms with E-state index in [9.17, 15) is 15.2 Å². The van der Waals surface area contributed by atoms with Crippen LogP contribution in [0.3, 0.4) is 0 Å². The Morgan fingerprint density at radius 3 is 2.88 bits per heavy atom. The second kappa shape index (κ2) is 8.12. The van der Waals surface area contributed by atoms with Gasteiger partial charge in [0.15, 0.2) is 0 Å². The lowest BCUT2D eigenvalue weighted by Crippen LogP contribution is -2.07. The topological polar surface area (TPSA) is 87.8 Å². The number of aliphatic imine (C=N–C) groups is 1. The Bertz CT molecular complexity index is 796. The Morgan fingerprint density at radius 2 is 2.17 bits per heavy atom. The number of nitro benzene ring substituents is 1. The van der Waals surface area contributed by atoms with E-state index in [1.54, 1.807) is 31.3 Å². The summed E-state index contributed by atoms with van der Waals surface area (Å²) in [5.74, 6) is 0.184. The molecule has 0 aromatic heterocycles. The number of anilines is 1. The zero-order valence-corrected chi connectivity index (χ0v) is 15.1. The number of hydrogen-bond acceptors (Lipinski definition) is 5. The van der Waals surface area contributed by atoms with Gasteiger partial charge < -0.3 is 10.4 Å². The molecule has 0 aliphatic rings. The third kappa shape index (κ3) is 4.69. The van der Waals surface area contributed by atoms with Crippen LogP contribution in [0.4, 0.5) is 11.4 Å². The van der Waals surface area contributed by atoms with Gasteiger partial charge in [-0.2, -0.15) is 0 Å². The van der Waals surface area contributed by atoms with Crippen LogP contribution in [0.2, 0.25) is 5.02 Å². The standard InChI is InChI=1S/C16H15BrClN3O3/c1-10-6-12(17)7-11(16(10)22)9-19-4-5-20-14-3-2-13(18)8-15(14)21(23)24/h2-3,6-9,20,22H,4-5H2,1H3. The van der Waals surface area contributed by atoms with Crippen LogP contribution in [0, 0.1) is 17.0 Å². The van der Waals surface area contributed by atoms with Crippen molar-refractivity contribution in [2.24, 2.45) is 4.99 Å². The Hall–Kier alpha value is -2.12. The summed E-state index contributed by atoms with van der Waals surface area (Å²) in [4.78, 5) is 14.7. The fraction of sp³-hybridized carbons (Fsp3) is 0.188. The van der Waals surface area contributed by atoms with Crippen LogP contribution in [-0.2, 0) is 0 Å². The zero-order chi connectivity index (χ0) is 17.7. The number of halogens is 2. The van der Waals surface area contributed by atoms with Crippen LogP contribution in [0.15, 0.2) is 39.8 Å². The molecule has 2 aromatic rings. The first-order chi connectivity index (χ1) is 11.4. The first kappa shape index (κ1) is 18.2. The molecule has 0 aliphatic carbocycles. The highest BCUT2D eigenvalue weighted by molar-refractivity contribution is 9.10. The van der Waals surface area contributed by atoms with Gasteiger partial charge in [-0.15, -0.1) is 0 Å². The number of phenols is 1. The van der Waals surface area contributed by atoms with Crippen molar-refractivity contribution < 1.29 is 10.0 Å². The molecule has 0 unspecified atom stereocenters. The molecule has 8 heteroatoms. The Balaban J connectivity index is 1.98.